The highest BCUT2D eigenvalue weighted by Gasteiger charge is 2.02. The molecule has 1 amide bonds. The standard InChI is InChI=1S/C16H13N3O2S/c1-11-2-7-14(21-11)8-9-15(20)19-16(22)18-13-5-3-12(10-17)4-6-13/h2-9H,1H3,(H2,18,19,20,22)/b9-8+. The first-order valence-corrected chi connectivity index (χ1v) is 6.84. The van der Waals surface area contributed by atoms with Gasteiger partial charge in [-0.25, -0.2) is 0 Å². The predicted molar refractivity (Wildman–Crippen MR) is 88.0 cm³/mol. The molecule has 0 saturated heterocycles. The van der Waals surface area contributed by atoms with Crippen molar-refractivity contribution in [2.45, 2.75) is 6.92 Å². The zero-order valence-corrected chi connectivity index (χ0v) is 12.6. The zero-order valence-electron chi connectivity index (χ0n) is 11.8. The van der Waals surface area contributed by atoms with Gasteiger partial charge in [-0.15, -0.1) is 0 Å². The first kappa shape index (κ1) is 15.5. The van der Waals surface area contributed by atoms with Crippen LogP contribution in [0, 0.1) is 18.3 Å². The molecule has 0 fully saturated rings. The van der Waals surface area contributed by atoms with Crippen LogP contribution < -0.4 is 10.6 Å². The van der Waals surface area contributed by atoms with Gasteiger partial charge >= 0.3 is 0 Å². The van der Waals surface area contributed by atoms with E-state index < -0.39 is 0 Å². The third-order valence-electron chi connectivity index (χ3n) is 2.67. The summed E-state index contributed by atoms with van der Waals surface area (Å²) in [4.78, 5) is 11.7. The van der Waals surface area contributed by atoms with Gasteiger partial charge in [-0.3, -0.25) is 10.1 Å². The van der Waals surface area contributed by atoms with E-state index in [4.69, 9.17) is 21.9 Å². The Morgan fingerprint density at radius 3 is 2.59 bits per heavy atom. The number of hydrogen-bond acceptors (Lipinski definition) is 4. The average molecular weight is 311 g/mol. The molecule has 0 aliphatic rings. The summed E-state index contributed by atoms with van der Waals surface area (Å²) in [5.74, 6) is 1.01. The van der Waals surface area contributed by atoms with Crippen molar-refractivity contribution in [1.29, 1.82) is 5.26 Å². The Morgan fingerprint density at radius 2 is 2.00 bits per heavy atom. The molecule has 0 bridgehead atoms. The molecule has 1 heterocycles. The summed E-state index contributed by atoms with van der Waals surface area (Å²) in [6, 6.07) is 12.3. The van der Waals surface area contributed by atoms with E-state index in [0.29, 0.717) is 17.0 Å². The average Bonchev–Trinajstić information content (AvgIpc) is 2.91. The fourth-order valence-corrected chi connectivity index (χ4v) is 1.86. The second kappa shape index (κ2) is 7.20. The molecule has 0 radical (unpaired) electrons. The first-order valence-electron chi connectivity index (χ1n) is 6.43. The summed E-state index contributed by atoms with van der Waals surface area (Å²) in [5, 5.41) is 14.3. The summed E-state index contributed by atoms with van der Waals surface area (Å²) in [6.45, 7) is 1.83. The molecule has 0 spiro atoms. The molecule has 2 rings (SSSR count). The van der Waals surface area contributed by atoms with Crippen molar-refractivity contribution in [2.75, 3.05) is 5.32 Å². The van der Waals surface area contributed by atoms with Crippen LogP contribution in [-0.2, 0) is 4.79 Å². The van der Waals surface area contributed by atoms with Gasteiger partial charge in [0, 0.05) is 11.8 Å². The Labute approximate surface area is 133 Å². The molecule has 0 unspecified atom stereocenters. The van der Waals surface area contributed by atoms with E-state index in [1.807, 2.05) is 19.1 Å². The van der Waals surface area contributed by atoms with Gasteiger partial charge in [0.25, 0.3) is 0 Å². The molecular weight excluding hydrogens is 298 g/mol. The van der Waals surface area contributed by atoms with Gasteiger partial charge in [0.15, 0.2) is 5.11 Å². The Kier molecular flexibility index (Phi) is 5.07. The summed E-state index contributed by atoms with van der Waals surface area (Å²) in [7, 11) is 0. The van der Waals surface area contributed by atoms with Crippen LogP contribution in [0.1, 0.15) is 17.1 Å². The smallest absolute Gasteiger partial charge is 0.250 e. The van der Waals surface area contributed by atoms with Gasteiger partial charge in [0.2, 0.25) is 5.91 Å². The molecule has 2 N–H and O–H groups in total. The fourth-order valence-electron chi connectivity index (χ4n) is 1.64. The highest BCUT2D eigenvalue weighted by Crippen LogP contribution is 2.09. The van der Waals surface area contributed by atoms with E-state index in [9.17, 15) is 4.79 Å². The third-order valence-corrected chi connectivity index (χ3v) is 2.87. The molecule has 22 heavy (non-hydrogen) atoms. The Bertz CT molecular complexity index is 754. The minimum absolute atomic E-state index is 0.176. The van der Waals surface area contributed by atoms with Crippen molar-refractivity contribution in [2.24, 2.45) is 0 Å². The van der Waals surface area contributed by atoms with Gasteiger partial charge < -0.3 is 9.73 Å². The summed E-state index contributed by atoms with van der Waals surface area (Å²) in [5.41, 5.74) is 1.24. The number of anilines is 1. The molecule has 0 aliphatic carbocycles. The molecule has 1 aromatic heterocycles. The summed E-state index contributed by atoms with van der Waals surface area (Å²) in [6.07, 6.45) is 2.90. The van der Waals surface area contributed by atoms with Gasteiger partial charge in [-0.05, 0) is 61.6 Å². The number of furan rings is 1. The molecule has 5 nitrogen and oxygen atoms in total. The number of aryl methyl sites for hydroxylation is 1. The Morgan fingerprint density at radius 1 is 1.27 bits per heavy atom. The van der Waals surface area contributed by atoms with Crippen LogP contribution in [0.4, 0.5) is 5.69 Å². The van der Waals surface area contributed by atoms with Crippen LogP contribution in [0.3, 0.4) is 0 Å². The SMILES string of the molecule is Cc1ccc(/C=C/C(=O)NC(=S)Nc2ccc(C#N)cc2)o1. The van der Waals surface area contributed by atoms with Gasteiger partial charge in [0.1, 0.15) is 11.5 Å². The topological polar surface area (TPSA) is 78.1 Å². The van der Waals surface area contributed by atoms with Crippen LogP contribution >= 0.6 is 12.2 Å². The predicted octanol–water partition coefficient (Wildman–Crippen LogP) is 2.99. The third kappa shape index (κ3) is 4.58. The second-order valence-corrected chi connectivity index (χ2v) is 4.82. The van der Waals surface area contributed by atoms with Crippen LogP contribution in [0.2, 0.25) is 0 Å². The number of rotatable bonds is 3. The fraction of sp³-hybridized carbons (Fsp3) is 0.0625. The Balaban J connectivity index is 1.87. The van der Waals surface area contributed by atoms with Crippen LogP contribution in [-0.4, -0.2) is 11.0 Å². The van der Waals surface area contributed by atoms with E-state index in [1.165, 1.54) is 6.08 Å². The maximum atomic E-state index is 11.7. The van der Waals surface area contributed by atoms with Crippen LogP contribution in [0.5, 0.6) is 0 Å². The lowest BCUT2D eigenvalue weighted by Gasteiger charge is -2.07. The van der Waals surface area contributed by atoms with Crippen molar-refractivity contribution >= 4 is 35.0 Å². The lowest BCUT2D eigenvalue weighted by atomic mass is 10.2. The number of carbonyl (C=O) groups excluding carboxylic acids is 1. The first-order chi connectivity index (χ1) is 10.6. The monoisotopic (exact) mass is 311 g/mol. The molecule has 6 heteroatoms. The molecule has 0 saturated carbocycles. The van der Waals surface area contributed by atoms with E-state index in [2.05, 4.69) is 10.6 Å². The minimum Gasteiger partial charge on any atom is -0.462 e. The van der Waals surface area contributed by atoms with E-state index in [-0.39, 0.29) is 11.0 Å². The largest absolute Gasteiger partial charge is 0.462 e. The second-order valence-electron chi connectivity index (χ2n) is 4.41. The zero-order chi connectivity index (χ0) is 15.9. The van der Waals surface area contributed by atoms with Crippen molar-refractivity contribution in [1.82, 2.24) is 5.32 Å². The molecule has 0 atom stereocenters. The maximum Gasteiger partial charge on any atom is 0.250 e. The lowest BCUT2D eigenvalue weighted by Crippen LogP contribution is -2.32. The quantitative estimate of drug-likeness (QED) is 0.673. The number of nitriles is 1. The lowest BCUT2D eigenvalue weighted by molar-refractivity contribution is -0.115. The van der Waals surface area contributed by atoms with Gasteiger partial charge in [-0.1, -0.05) is 0 Å². The van der Waals surface area contributed by atoms with Gasteiger partial charge in [0.05, 0.1) is 11.6 Å². The molecule has 1 aromatic carbocycles. The van der Waals surface area contributed by atoms with E-state index in [0.717, 1.165) is 5.76 Å². The number of benzene rings is 1. The number of thiocarbonyl (C=S) groups is 1. The normalized spacial score (nSPS) is 10.2. The molecule has 110 valence electrons. The molecule has 0 aliphatic heterocycles. The van der Waals surface area contributed by atoms with Crippen LogP contribution in [0.25, 0.3) is 6.08 Å². The number of nitrogens with zero attached hydrogens (tertiary/aromatic N) is 1. The number of carbonyl (C=O) groups is 1. The summed E-state index contributed by atoms with van der Waals surface area (Å²) < 4.78 is 5.31. The minimum atomic E-state index is -0.361. The number of nitrogens with one attached hydrogen (secondary N) is 2. The maximum absolute atomic E-state index is 11.7. The van der Waals surface area contributed by atoms with Crippen LogP contribution in [0.15, 0.2) is 46.9 Å². The van der Waals surface area contributed by atoms with Crippen molar-refractivity contribution in [3.05, 3.63) is 59.6 Å². The Hall–Kier alpha value is -2.91. The number of amides is 1. The molecule has 2 aromatic rings. The van der Waals surface area contributed by atoms with E-state index >= 15 is 0 Å². The summed E-state index contributed by atoms with van der Waals surface area (Å²) >= 11 is 5.04. The van der Waals surface area contributed by atoms with Crippen molar-refractivity contribution in [3.8, 4) is 6.07 Å². The molecular formula is C16H13N3O2S. The van der Waals surface area contributed by atoms with Gasteiger partial charge in [-0.2, -0.15) is 5.26 Å². The highest BCUT2D eigenvalue weighted by molar-refractivity contribution is 7.80. The highest BCUT2D eigenvalue weighted by atomic mass is 32.1. The van der Waals surface area contributed by atoms with Crippen molar-refractivity contribution in [3.63, 3.8) is 0 Å². The number of hydrogen-bond donors (Lipinski definition) is 2. The van der Waals surface area contributed by atoms with E-state index in [1.54, 1.807) is 36.4 Å². The van der Waals surface area contributed by atoms with Crippen molar-refractivity contribution < 1.29 is 9.21 Å².